The first-order chi connectivity index (χ1) is 11.6. The van der Waals surface area contributed by atoms with Gasteiger partial charge in [0.2, 0.25) is 5.91 Å². The number of halogens is 3. The monoisotopic (exact) mass is 386 g/mol. The Balaban J connectivity index is 0.00000312. The van der Waals surface area contributed by atoms with E-state index >= 15 is 0 Å². The van der Waals surface area contributed by atoms with Gasteiger partial charge >= 0.3 is 0 Å². The predicted molar refractivity (Wildman–Crippen MR) is 100 cm³/mol. The highest BCUT2D eigenvalue weighted by molar-refractivity contribution is 8.00. The molecule has 0 radical (unpaired) electrons. The number of nitrogens with zero attached hydrogens (tertiary/aromatic N) is 1. The zero-order chi connectivity index (χ0) is 17.4. The molecule has 0 aliphatic carbocycles. The number of hydrogen-bond acceptors (Lipinski definition) is 3. The van der Waals surface area contributed by atoms with E-state index in [-0.39, 0.29) is 24.1 Å². The van der Waals surface area contributed by atoms with Crippen molar-refractivity contribution in [2.24, 2.45) is 5.73 Å². The molecule has 0 unspecified atom stereocenters. The average molecular weight is 387 g/mol. The molecule has 0 atom stereocenters. The molecule has 0 saturated carbocycles. The summed E-state index contributed by atoms with van der Waals surface area (Å²) in [4.78, 5) is 14.6. The minimum atomic E-state index is -0.907. The van der Waals surface area contributed by atoms with Crippen molar-refractivity contribution in [1.29, 1.82) is 0 Å². The molecule has 25 heavy (non-hydrogen) atoms. The van der Waals surface area contributed by atoms with Gasteiger partial charge in [-0.25, -0.2) is 8.78 Å². The number of amides is 1. The number of carbonyl (C=O) groups is 1. The summed E-state index contributed by atoms with van der Waals surface area (Å²) >= 11 is 1.19. The van der Waals surface area contributed by atoms with Crippen LogP contribution in [0.4, 0.5) is 8.78 Å². The van der Waals surface area contributed by atoms with E-state index in [1.54, 1.807) is 4.90 Å². The smallest absolute Gasteiger partial charge is 0.232 e. The van der Waals surface area contributed by atoms with Crippen molar-refractivity contribution in [2.45, 2.75) is 11.3 Å². The number of rotatable bonds is 8. The summed E-state index contributed by atoms with van der Waals surface area (Å²) in [6, 6.07) is 13.5. The van der Waals surface area contributed by atoms with Gasteiger partial charge in [0.15, 0.2) is 11.6 Å². The molecule has 0 fully saturated rings. The van der Waals surface area contributed by atoms with Crippen LogP contribution in [0.5, 0.6) is 0 Å². The van der Waals surface area contributed by atoms with E-state index in [2.05, 4.69) is 0 Å². The second-order valence-corrected chi connectivity index (χ2v) is 6.32. The van der Waals surface area contributed by atoms with Crippen molar-refractivity contribution < 1.29 is 13.6 Å². The van der Waals surface area contributed by atoms with Crippen LogP contribution in [0.2, 0.25) is 0 Å². The lowest BCUT2D eigenvalue weighted by Gasteiger charge is -2.22. The summed E-state index contributed by atoms with van der Waals surface area (Å²) in [5.41, 5.74) is 6.74. The van der Waals surface area contributed by atoms with Crippen molar-refractivity contribution in [3.63, 3.8) is 0 Å². The average Bonchev–Trinajstić information content (AvgIpc) is 2.60. The molecular weight excluding hydrogens is 366 g/mol. The fourth-order valence-electron chi connectivity index (χ4n) is 2.23. The van der Waals surface area contributed by atoms with Crippen molar-refractivity contribution in [2.75, 3.05) is 25.4 Å². The molecule has 2 rings (SSSR count). The van der Waals surface area contributed by atoms with Crippen LogP contribution in [0, 0.1) is 11.6 Å². The maximum absolute atomic E-state index is 13.2. The minimum Gasteiger partial charge on any atom is -0.340 e. The highest BCUT2D eigenvalue weighted by Crippen LogP contribution is 2.20. The molecule has 2 aromatic carbocycles. The van der Waals surface area contributed by atoms with Crippen LogP contribution in [-0.4, -0.2) is 36.2 Å². The van der Waals surface area contributed by atoms with Gasteiger partial charge in [-0.05, 0) is 30.2 Å². The molecule has 2 N–H and O–H groups in total. The van der Waals surface area contributed by atoms with Crippen LogP contribution in [0.3, 0.4) is 0 Å². The Morgan fingerprint density at radius 1 is 1.04 bits per heavy atom. The SMILES string of the molecule is Cl.NCCN(CCc1ccccc1)C(=O)CSc1ccc(F)c(F)c1. The van der Waals surface area contributed by atoms with Crippen LogP contribution in [0.15, 0.2) is 53.4 Å². The summed E-state index contributed by atoms with van der Waals surface area (Å²) in [6.45, 7) is 1.44. The number of hydrogen-bond donors (Lipinski definition) is 1. The first-order valence-corrected chi connectivity index (χ1v) is 8.68. The van der Waals surface area contributed by atoms with Crippen LogP contribution in [0.1, 0.15) is 5.56 Å². The largest absolute Gasteiger partial charge is 0.340 e. The van der Waals surface area contributed by atoms with Gasteiger partial charge in [0, 0.05) is 24.5 Å². The third kappa shape index (κ3) is 7.02. The summed E-state index contributed by atoms with van der Waals surface area (Å²) in [5.74, 6) is -1.69. The maximum atomic E-state index is 13.2. The molecule has 136 valence electrons. The Kier molecular flexibility index (Phi) is 9.49. The van der Waals surface area contributed by atoms with Gasteiger partial charge in [0.25, 0.3) is 0 Å². The van der Waals surface area contributed by atoms with Crippen molar-refractivity contribution in [3.05, 3.63) is 65.7 Å². The third-order valence-corrected chi connectivity index (χ3v) is 4.50. The minimum absolute atomic E-state index is 0. The van der Waals surface area contributed by atoms with Gasteiger partial charge in [-0.15, -0.1) is 24.2 Å². The molecule has 0 heterocycles. The van der Waals surface area contributed by atoms with E-state index in [1.165, 1.54) is 17.8 Å². The first-order valence-electron chi connectivity index (χ1n) is 7.70. The third-order valence-electron chi connectivity index (χ3n) is 3.52. The molecule has 1 amide bonds. The quantitative estimate of drug-likeness (QED) is 0.706. The molecule has 0 spiro atoms. The van der Waals surface area contributed by atoms with Gasteiger partial charge in [-0.1, -0.05) is 30.3 Å². The molecule has 0 aliphatic rings. The van der Waals surface area contributed by atoms with Crippen molar-refractivity contribution in [3.8, 4) is 0 Å². The van der Waals surface area contributed by atoms with Crippen LogP contribution < -0.4 is 5.73 Å². The lowest BCUT2D eigenvalue weighted by Crippen LogP contribution is -2.38. The Morgan fingerprint density at radius 3 is 2.40 bits per heavy atom. The Morgan fingerprint density at radius 2 is 1.76 bits per heavy atom. The lowest BCUT2D eigenvalue weighted by atomic mass is 10.1. The van der Waals surface area contributed by atoms with Gasteiger partial charge < -0.3 is 10.6 Å². The van der Waals surface area contributed by atoms with Crippen LogP contribution in [0.25, 0.3) is 0 Å². The van der Waals surface area contributed by atoms with E-state index in [0.29, 0.717) is 24.5 Å². The van der Waals surface area contributed by atoms with Gasteiger partial charge in [0.1, 0.15) is 0 Å². The van der Waals surface area contributed by atoms with Gasteiger partial charge in [-0.2, -0.15) is 0 Å². The van der Waals surface area contributed by atoms with Gasteiger partial charge in [0.05, 0.1) is 5.75 Å². The molecular formula is C18H21ClF2N2OS. The van der Waals surface area contributed by atoms with Crippen molar-refractivity contribution >= 4 is 30.1 Å². The molecule has 0 aromatic heterocycles. The van der Waals surface area contributed by atoms with E-state index in [0.717, 1.165) is 24.1 Å². The Labute approximate surface area is 157 Å². The standard InChI is InChI=1S/C18H20F2N2OS.ClH/c19-16-7-6-15(12-17(16)20)24-13-18(23)22(11-9-21)10-8-14-4-2-1-3-5-14;/h1-7,12H,8-11,13,21H2;1H. The zero-order valence-electron chi connectivity index (χ0n) is 13.7. The Bertz CT molecular complexity index is 673. The topological polar surface area (TPSA) is 46.3 Å². The summed E-state index contributed by atoms with van der Waals surface area (Å²) in [5, 5.41) is 0. The van der Waals surface area contributed by atoms with E-state index in [9.17, 15) is 13.6 Å². The lowest BCUT2D eigenvalue weighted by molar-refractivity contribution is -0.128. The number of thioether (sulfide) groups is 1. The Hall–Kier alpha value is -1.63. The fourth-order valence-corrected chi connectivity index (χ4v) is 3.05. The van der Waals surface area contributed by atoms with Gasteiger partial charge in [-0.3, -0.25) is 4.79 Å². The van der Waals surface area contributed by atoms with Crippen molar-refractivity contribution in [1.82, 2.24) is 4.90 Å². The molecule has 2 aromatic rings. The summed E-state index contributed by atoms with van der Waals surface area (Å²) in [6.07, 6.45) is 0.752. The number of nitrogens with two attached hydrogens (primary N) is 1. The molecule has 0 aliphatic heterocycles. The highest BCUT2D eigenvalue weighted by Gasteiger charge is 2.14. The second-order valence-electron chi connectivity index (χ2n) is 5.27. The first kappa shape index (κ1) is 21.4. The molecule has 3 nitrogen and oxygen atoms in total. The van der Waals surface area contributed by atoms with Crippen LogP contribution in [-0.2, 0) is 11.2 Å². The fraction of sp³-hybridized carbons (Fsp3) is 0.278. The summed E-state index contributed by atoms with van der Waals surface area (Å²) in [7, 11) is 0. The normalized spacial score (nSPS) is 10.2. The van der Waals surface area contributed by atoms with Crippen LogP contribution >= 0.6 is 24.2 Å². The highest BCUT2D eigenvalue weighted by atomic mass is 35.5. The zero-order valence-corrected chi connectivity index (χ0v) is 15.3. The number of benzene rings is 2. The van der Waals surface area contributed by atoms with E-state index in [4.69, 9.17) is 5.73 Å². The maximum Gasteiger partial charge on any atom is 0.232 e. The molecule has 0 bridgehead atoms. The predicted octanol–water partition coefficient (Wildman–Crippen LogP) is 3.51. The number of carbonyl (C=O) groups excluding carboxylic acids is 1. The van der Waals surface area contributed by atoms with E-state index in [1.807, 2.05) is 30.3 Å². The second kappa shape index (κ2) is 11.1. The molecule has 0 saturated heterocycles. The molecule has 7 heteroatoms. The summed E-state index contributed by atoms with van der Waals surface area (Å²) < 4.78 is 26.1. The van der Waals surface area contributed by atoms with E-state index < -0.39 is 11.6 Å².